The summed E-state index contributed by atoms with van der Waals surface area (Å²) in [5.74, 6) is 0.942. The van der Waals surface area contributed by atoms with Gasteiger partial charge in [-0.15, -0.1) is 0 Å². The number of hydrogen-bond acceptors (Lipinski definition) is 1. The Hall–Kier alpha value is -1.60. The fraction of sp³-hybridized carbons (Fsp3) is 0.368. The summed E-state index contributed by atoms with van der Waals surface area (Å²) in [5.41, 5.74) is 10.3. The molecule has 2 N–H and O–H groups in total. The Labute approximate surface area is 122 Å². The van der Waals surface area contributed by atoms with Gasteiger partial charge in [0.25, 0.3) is 0 Å². The van der Waals surface area contributed by atoms with Crippen LogP contribution in [0.15, 0.2) is 54.6 Å². The third-order valence-corrected chi connectivity index (χ3v) is 4.37. The van der Waals surface area contributed by atoms with Crippen LogP contribution in [0.5, 0.6) is 0 Å². The molecule has 2 aromatic carbocycles. The summed E-state index contributed by atoms with van der Waals surface area (Å²) in [5, 5.41) is 0. The number of rotatable bonds is 5. The highest BCUT2D eigenvalue weighted by Crippen LogP contribution is 2.29. The zero-order valence-corrected chi connectivity index (χ0v) is 12.7. The predicted molar refractivity (Wildman–Crippen MR) is 86.9 cm³/mol. The van der Waals surface area contributed by atoms with Crippen molar-refractivity contribution in [2.45, 2.75) is 45.1 Å². The predicted octanol–water partition coefficient (Wildman–Crippen LogP) is 5.00. The molecule has 0 aliphatic heterocycles. The topological polar surface area (TPSA) is 26.0 Å². The zero-order chi connectivity index (χ0) is 14.5. The fourth-order valence-corrected chi connectivity index (χ4v) is 2.54. The van der Waals surface area contributed by atoms with Crippen molar-refractivity contribution in [2.75, 3.05) is 0 Å². The van der Waals surface area contributed by atoms with E-state index in [-0.39, 0.29) is 6.04 Å². The second kappa shape index (κ2) is 6.71. The Kier molecular flexibility index (Phi) is 4.97. The molecule has 0 bridgehead atoms. The summed E-state index contributed by atoms with van der Waals surface area (Å²) < 4.78 is 0. The monoisotopic (exact) mass is 267 g/mol. The van der Waals surface area contributed by atoms with Crippen molar-refractivity contribution in [3.63, 3.8) is 0 Å². The molecule has 3 unspecified atom stereocenters. The molecule has 0 aliphatic carbocycles. The molecule has 0 aliphatic rings. The number of hydrogen-bond donors (Lipinski definition) is 1. The molecule has 0 radical (unpaired) electrons. The van der Waals surface area contributed by atoms with Crippen LogP contribution in [0.1, 0.15) is 61.8 Å². The first-order chi connectivity index (χ1) is 9.63. The van der Waals surface area contributed by atoms with Gasteiger partial charge < -0.3 is 5.73 Å². The standard InChI is InChI=1S/C19H25N/c1-4-14(2)16-10-12-18(13-11-16)19(20)15(3)17-8-6-5-7-9-17/h5-15,19H,4,20H2,1-3H3. The van der Waals surface area contributed by atoms with Crippen molar-refractivity contribution in [1.29, 1.82) is 0 Å². The van der Waals surface area contributed by atoms with Crippen molar-refractivity contribution in [3.8, 4) is 0 Å². The van der Waals surface area contributed by atoms with E-state index >= 15 is 0 Å². The van der Waals surface area contributed by atoms with Gasteiger partial charge in [0.05, 0.1) is 0 Å². The summed E-state index contributed by atoms with van der Waals surface area (Å²) in [6, 6.07) is 19.4. The Bertz CT molecular complexity index is 515. The van der Waals surface area contributed by atoms with E-state index in [1.165, 1.54) is 23.1 Å². The Balaban J connectivity index is 2.15. The molecule has 1 heteroatoms. The first-order valence-corrected chi connectivity index (χ1v) is 7.53. The van der Waals surface area contributed by atoms with Crippen molar-refractivity contribution >= 4 is 0 Å². The van der Waals surface area contributed by atoms with Crippen LogP contribution >= 0.6 is 0 Å². The summed E-state index contributed by atoms with van der Waals surface area (Å²) in [4.78, 5) is 0. The molecular weight excluding hydrogens is 242 g/mol. The second-order valence-electron chi connectivity index (χ2n) is 5.70. The van der Waals surface area contributed by atoms with Crippen molar-refractivity contribution in [1.82, 2.24) is 0 Å². The van der Waals surface area contributed by atoms with Gasteiger partial charge in [0.1, 0.15) is 0 Å². The van der Waals surface area contributed by atoms with Gasteiger partial charge >= 0.3 is 0 Å². The third kappa shape index (κ3) is 3.29. The minimum absolute atomic E-state index is 0.0448. The Morgan fingerprint density at radius 3 is 1.90 bits per heavy atom. The second-order valence-corrected chi connectivity index (χ2v) is 5.70. The highest BCUT2D eigenvalue weighted by molar-refractivity contribution is 5.30. The molecule has 2 aromatic rings. The van der Waals surface area contributed by atoms with Crippen LogP contribution in [0.4, 0.5) is 0 Å². The summed E-state index contributed by atoms with van der Waals surface area (Å²) >= 11 is 0. The molecule has 20 heavy (non-hydrogen) atoms. The van der Waals surface area contributed by atoms with E-state index in [4.69, 9.17) is 5.73 Å². The van der Waals surface area contributed by atoms with Crippen LogP contribution in [-0.2, 0) is 0 Å². The third-order valence-electron chi connectivity index (χ3n) is 4.37. The summed E-state index contributed by atoms with van der Waals surface area (Å²) in [7, 11) is 0. The quantitative estimate of drug-likeness (QED) is 0.810. The largest absolute Gasteiger partial charge is 0.323 e. The highest BCUT2D eigenvalue weighted by atomic mass is 14.6. The maximum Gasteiger partial charge on any atom is 0.0361 e. The van der Waals surface area contributed by atoms with E-state index in [1.54, 1.807) is 0 Å². The molecule has 1 nitrogen and oxygen atoms in total. The van der Waals surface area contributed by atoms with Crippen molar-refractivity contribution in [2.24, 2.45) is 5.73 Å². The average Bonchev–Trinajstić information content (AvgIpc) is 2.53. The minimum atomic E-state index is 0.0448. The van der Waals surface area contributed by atoms with Crippen LogP contribution in [-0.4, -0.2) is 0 Å². The van der Waals surface area contributed by atoms with Gasteiger partial charge in [-0.2, -0.15) is 0 Å². The lowest BCUT2D eigenvalue weighted by Gasteiger charge is -2.21. The lowest BCUT2D eigenvalue weighted by atomic mass is 9.88. The summed E-state index contributed by atoms with van der Waals surface area (Å²) in [6.45, 7) is 6.69. The van der Waals surface area contributed by atoms with Crippen LogP contribution in [0.3, 0.4) is 0 Å². The van der Waals surface area contributed by atoms with E-state index in [1.807, 2.05) is 6.07 Å². The van der Waals surface area contributed by atoms with E-state index in [0.717, 1.165) is 0 Å². The van der Waals surface area contributed by atoms with Gasteiger partial charge in [0.2, 0.25) is 0 Å². The van der Waals surface area contributed by atoms with E-state index in [0.29, 0.717) is 11.8 Å². The molecule has 3 atom stereocenters. The van der Waals surface area contributed by atoms with Gasteiger partial charge in [-0.25, -0.2) is 0 Å². The highest BCUT2D eigenvalue weighted by Gasteiger charge is 2.16. The summed E-state index contributed by atoms with van der Waals surface area (Å²) in [6.07, 6.45) is 1.17. The average molecular weight is 267 g/mol. The Morgan fingerprint density at radius 2 is 1.35 bits per heavy atom. The maximum atomic E-state index is 6.43. The molecule has 0 saturated carbocycles. The van der Waals surface area contributed by atoms with Crippen LogP contribution in [0.25, 0.3) is 0 Å². The molecule has 0 fully saturated rings. The molecule has 0 heterocycles. The van der Waals surface area contributed by atoms with E-state index < -0.39 is 0 Å². The lowest BCUT2D eigenvalue weighted by Crippen LogP contribution is -2.17. The van der Waals surface area contributed by atoms with Gasteiger partial charge in [-0.05, 0) is 29.0 Å². The molecule has 106 valence electrons. The lowest BCUT2D eigenvalue weighted by molar-refractivity contribution is 0.597. The van der Waals surface area contributed by atoms with E-state index in [9.17, 15) is 0 Å². The zero-order valence-electron chi connectivity index (χ0n) is 12.7. The molecule has 0 spiro atoms. The maximum absolute atomic E-state index is 6.43. The molecule has 0 amide bonds. The van der Waals surface area contributed by atoms with Gasteiger partial charge in [0.15, 0.2) is 0 Å². The van der Waals surface area contributed by atoms with Crippen LogP contribution < -0.4 is 5.73 Å². The normalized spacial score (nSPS) is 15.6. The van der Waals surface area contributed by atoms with Crippen LogP contribution in [0, 0.1) is 0 Å². The van der Waals surface area contributed by atoms with E-state index in [2.05, 4.69) is 69.3 Å². The minimum Gasteiger partial charge on any atom is -0.323 e. The molecule has 2 rings (SSSR count). The Morgan fingerprint density at radius 1 is 0.800 bits per heavy atom. The molecule has 0 saturated heterocycles. The molecular formula is C19H25N. The van der Waals surface area contributed by atoms with Gasteiger partial charge in [-0.1, -0.05) is 75.4 Å². The number of benzene rings is 2. The van der Waals surface area contributed by atoms with Crippen molar-refractivity contribution < 1.29 is 0 Å². The van der Waals surface area contributed by atoms with Crippen molar-refractivity contribution in [3.05, 3.63) is 71.3 Å². The van der Waals surface area contributed by atoms with Gasteiger partial charge in [0, 0.05) is 12.0 Å². The number of nitrogens with two attached hydrogens (primary N) is 1. The fourth-order valence-electron chi connectivity index (χ4n) is 2.54. The smallest absolute Gasteiger partial charge is 0.0361 e. The first kappa shape index (κ1) is 14.8. The SMILES string of the molecule is CCC(C)c1ccc(C(N)C(C)c2ccccc2)cc1. The van der Waals surface area contributed by atoms with Crippen LogP contribution in [0.2, 0.25) is 0 Å². The molecule has 0 aromatic heterocycles. The van der Waals surface area contributed by atoms with Gasteiger partial charge in [-0.3, -0.25) is 0 Å². The first-order valence-electron chi connectivity index (χ1n) is 7.53.